The molecule has 0 aromatic heterocycles. The third kappa shape index (κ3) is 2.93. The number of rotatable bonds is 3. The van der Waals surface area contributed by atoms with Gasteiger partial charge < -0.3 is 5.73 Å². The van der Waals surface area contributed by atoms with Gasteiger partial charge in [-0.1, -0.05) is 30.7 Å². The first kappa shape index (κ1) is 15.9. The number of fused-ring (bicyclic) bond motifs is 1. The summed E-state index contributed by atoms with van der Waals surface area (Å²) in [5.41, 5.74) is 8.41. The zero-order chi connectivity index (χ0) is 15.7. The summed E-state index contributed by atoms with van der Waals surface area (Å²) in [4.78, 5) is 0. The molecular formula is C16H25N3O2S. The Hall–Kier alpha value is -0.950. The predicted molar refractivity (Wildman–Crippen MR) is 87.5 cm³/mol. The number of nitrogens with two attached hydrogens (primary N) is 1. The molecule has 5 nitrogen and oxygen atoms in total. The Morgan fingerprint density at radius 1 is 1.18 bits per heavy atom. The first-order chi connectivity index (χ1) is 10.5. The van der Waals surface area contributed by atoms with E-state index < -0.39 is 10.2 Å². The van der Waals surface area contributed by atoms with E-state index >= 15 is 0 Å². The molecule has 1 saturated heterocycles. The quantitative estimate of drug-likeness (QED) is 0.916. The molecule has 6 heteroatoms. The van der Waals surface area contributed by atoms with Gasteiger partial charge in [0.1, 0.15) is 0 Å². The molecule has 1 aromatic rings. The van der Waals surface area contributed by atoms with Crippen molar-refractivity contribution in [1.29, 1.82) is 0 Å². The fraction of sp³-hybridized carbons (Fsp3) is 0.625. The zero-order valence-electron chi connectivity index (χ0n) is 13.1. The lowest BCUT2D eigenvalue weighted by Crippen LogP contribution is -2.56. The molecule has 0 amide bonds. The summed E-state index contributed by atoms with van der Waals surface area (Å²) in [6, 6.07) is 7.89. The molecule has 0 spiro atoms. The van der Waals surface area contributed by atoms with E-state index in [1.165, 1.54) is 5.56 Å². The van der Waals surface area contributed by atoms with Crippen LogP contribution in [-0.4, -0.2) is 42.2 Å². The van der Waals surface area contributed by atoms with Gasteiger partial charge in [0, 0.05) is 31.7 Å². The van der Waals surface area contributed by atoms with E-state index in [1.54, 1.807) is 8.61 Å². The molecule has 0 aliphatic carbocycles. The predicted octanol–water partition coefficient (Wildman–Crippen LogP) is 1.49. The van der Waals surface area contributed by atoms with E-state index in [2.05, 4.69) is 6.07 Å². The third-order valence-electron chi connectivity index (χ3n) is 4.82. The molecule has 2 aliphatic rings. The second kappa shape index (κ2) is 6.28. The van der Waals surface area contributed by atoms with E-state index in [-0.39, 0.29) is 12.1 Å². The summed E-state index contributed by atoms with van der Waals surface area (Å²) in [6.07, 6.45) is 3.63. The van der Waals surface area contributed by atoms with Gasteiger partial charge in [0.25, 0.3) is 10.2 Å². The molecule has 0 bridgehead atoms. The van der Waals surface area contributed by atoms with Gasteiger partial charge in [-0.05, 0) is 37.3 Å². The molecule has 1 fully saturated rings. The Kier molecular flexibility index (Phi) is 4.54. The second-order valence-electron chi connectivity index (χ2n) is 6.39. The highest BCUT2D eigenvalue weighted by Crippen LogP contribution is 2.28. The molecule has 0 radical (unpaired) electrons. The van der Waals surface area contributed by atoms with Gasteiger partial charge in [-0.25, -0.2) is 0 Å². The highest BCUT2D eigenvalue weighted by molar-refractivity contribution is 7.86. The maximum absolute atomic E-state index is 13.1. The lowest BCUT2D eigenvalue weighted by molar-refractivity contribution is 0.207. The standard InChI is InChI=1S/C16H25N3O2S/c1-13(17)16-8-4-5-10-19(16)22(20,21)18-11-9-14-6-2-3-7-15(14)12-18/h2-3,6-7,13,16H,4-5,8-12,17H2,1H3. The number of hydrogen-bond acceptors (Lipinski definition) is 3. The Morgan fingerprint density at radius 3 is 2.64 bits per heavy atom. The highest BCUT2D eigenvalue weighted by atomic mass is 32.2. The molecule has 0 saturated carbocycles. The van der Waals surface area contributed by atoms with E-state index in [1.807, 2.05) is 25.1 Å². The minimum Gasteiger partial charge on any atom is -0.326 e. The maximum atomic E-state index is 13.1. The molecule has 1 aromatic carbocycles. The van der Waals surface area contributed by atoms with Crippen LogP contribution < -0.4 is 5.73 Å². The van der Waals surface area contributed by atoms with Gasteiger partial charge in [0.2, 0.25) is 0 Å². The molecule has 2 N–H and O–H groups in total. The summed E-state index contributed by atoms with van der Waals surface area (Å²) in [6.45, 7) is 3.53. The minimum absolute atomic E-state index is 0.0732. The van der Waals surface area contributed by atoms with Crippen molar-refractivity contribution in [3.8, 4) is 0 Å². The summed E-state index contributed by atoms with van der Waals surface area (Å²) in [5, 5.41) is 0. The van der Waals surface area contributed by atoms with E-state index in [0.29, 0.717) is 19.6 Å². The van der Waals surface area contributed by atoms with Crippen LogP contribution in [0.1, 0.15) is 37.3 Å². The lowest BCUT2D eigenvalue weighted by atomic mass is 10.00. The molecule has 2 unspecified atom stereocenters. The van der Waals surface area contributed by atoms with Gasteiger partial charge in [-0.15, -0.1) is 0 Å². The Bertz CT molecular complexity index is 630. The molecular weight excluding hydrogens is 298 g/mol. The monoisotopic (exact) mass is 323 g/mol. The number of hydrogen-bond donors (Lipinski definition) is 1. The van der Waals surface area contributed by atoms with Crippen LogP contribution in [0, 0.1) is 0 Å². The SMILES string of the molecule is CC(N)C1CCCCN1S(=O)(=O)N1CCc2ccccc2C1. The van der Waals surface area contributed by atoms with Gasteiger partial charge in [-0.2, -0.15) is 17.0 Å². The molecule has 22 heavy (non-hydrogen) atoms. The zero-order valence-corrected chi connectivity index (χ0v) is 13.9. The molecule has 2 atom stereocenters. The number of nitrogens with zero attached hydrogens (tertiary/aromatic N) is 2. The lowest BCUT2D eigenvalue weighted by Gasteiger charge is -2.40. The summed E-state index contributed by atoms with van der Waals surface area (Å²) in [7, 11) is -3.44. The van der Waals surface area contributed by atoms with Crippen molar-refractivity contribution >= 4 is 10.2 Å². The van der Waals surface area contributed by atoms with Crippen LogP contribution in [0.5, 0.6) is 0 Å². The van der Waals surface area contributed by atoms with Crippen LogP contribution in [0.4, 0.5) is 0 Å². The van der Waals surface area contributed by atoms with Crippen LogP contribution >= 0.6 is 0 Å². The third-order valence-corrected chi connectivity index (χ3v) is 6.83. The van der Waals surface area contributed by atoms with Crippen molar-refractivity contribution in [2.45, 2.75) is 51.2 Å². The van der Waals surface area contributed by atoms with Crippen LogP contribution in [-0.2, 0) is 23.2 Å². The Balaban J connectivity index is 1.84. The summed E-state index contributed by atoms with van der Waals surface area (Å²) < 4.78 is 29.4. The van der Waals surface area contributed by atoms with Gasteiger partial charge in [0.15, 0.2) is 0 Å². The van der Waals surface area contributed by atoms with Crippen molar-refractivity contribution in [3.63, 3.8) is 0 Å². The van der Waals surface area contributed by atoms with E-state index in [4.69, 9.17) is 5.73 Å². The average molecular weight is 323 g/mol. The van der Waals surface area contributed by atoms with Crippen molar-refractivity contribution < 1.29 is 8.42 Å². The van der Waals surface area contributed by atoms with Crippen molar-refractivity contribution in [1.82, 2.24) is 8.61 Å². The van der Waals surface area contributed by atoms with Crippen LogP contribution in [0.15, 0.2) is 24.3 Å². The molecule has 2 heterocycles. The normalized spacial score (nSPS) is 25.6. The molecule has 2 aliphatic heterocycles. The van der Waals surface area contributed by atoms with Gasteiger partial charge in [0.05, 0.1) is 0 Å². The highest BCUT2D eigenvalue weighted by Gasteiger charge is 2.38. The maximum Gasteiger partial charge on any atom is 0.282 e. The number of benzene rings is 1. The topological polar surface area (TPSA) is 66.6 Å². The smallest absolute Gasteiger partial charge is 0.282 e. The second-order valence-corrected chi connectivity index (χ2v) is 8.27. The average Bonchev–Trinajstić information content (AvgIpc) is 2.54. The van der Waals surface area contributed by atoms with Crippen molar-refractivity contribution in [3.05, 3.63) is 35.4 Å². The van der Waals surface area contributed by atoms with Gasteiger partial charge in [-0.3, -0.25) is 0 Å². The first-order valence-electron chi connectivity index (χ1n) is 8.09. The first-order valence-corrected chi connectivity index (χ1v) is 9.49. The van der Waals surface area contributed by atoms with Crippen LogP contribution in [0.2, 0.25) is 0 Å². The molecule has 122 valence electrons. The largest absolute Gasteiger partial charge is 0.326 e. The van der Waals surface area contributed by atoms with Crippen molar-refractivity contribution in [2.75, 3.05) is 13.1 Å². The summed E-state index contributed by atoms with van der Waals surface area (Å²) >= 11 is 0. The number of piperidine rings is 1. The summed E-state index contributed by atoms with van der Waals surface area (Å²) in [5.74, 6) is 0. The van der Waals surface area contributed by atoms with Crippen LogP contribution in [0.3, 0.4) is 0 Å². The van der Waals surface area contributed by atoms with Gasteiger partial charge >= 0.3 is 0 Å². The Labute approximate surface area is 133 Å². The van der Waals surface area contributed by atoms with E-state index in [0.717, 1.165) is 31.2 Å². The fourth-order valence-electron chi connectivity index (χ4n) is 3.56. The van der Waals surface area contributed by atoms with E-state index in [9.17, 15) is 8.42 Å². The van der Waals surface area contributed by atoms with Crippen molar-refractivity contribution in [2.24, 2.45) is 5.73 Å². The Morgan fingerprint density at radius 2 is 1.91 bits per heavy atom. The molecule has 3 rings (SSSR count). The minimum atomic E-state index is -3.44. The van der Waals surface area contributed by atoms with Crippen LogP contribution in [0.25, 0.3) is 0 Å². The fourth-order valence-corrected chi connectivity index (χ4v) is 5.48.